The summed E-state index contributed by atoms with van der Waals surface area (Å²) in [7, 11) is -16.3. The number of aliphatic hydroxyl groups is 3. The van der Waals surface area contributed by atoms with Gasteiger partial charge in [0.2, 0.25) is 11.8 Å². The number of hydrogen-bond acceptors (Lipinski definition) is 17. The Morgan fingerprint density at radius 1 is 1.06 bits per heavy atom. The number of imidazole rings is 1. The summed E-state index contributed by atoms with van der Waals surface area (Å²) in [6, 6.07) is 0. The van der Waals surface area contributed by atoms with E-state index in [0.29, 0.717) is 19.4 Å². The average molecular weight is 794 g/mol. The van der Waals surface area contributed by atoms with Crippen LogP contribution < -0.4 is 16.4 Å². The Morgan fingerprint density at radius 3 is 2.37 bits per heavy atom. The summed E-state index contributed by atoms with van der Waals surface area (Å²) in [6.07, 6.45) is -6.28. The first-order valence-electron chi connectivity index (χ1n) is 15.1. The summed E-state index contributed by atoms with van der Waals surface area (Å²) in [5, 5.41) is 35.5. The van der Waals surface area contributed by atoms with Crippen LogP contribution in [-0.2, 0) is 45.9 Å². The first-order chi connectivity index (χ1) is 23.5. The van der Waals surface area contributed by atoms with Gasteiger partial charge in [0.25, 0.3) is 0 Å². The van der Waals surface area contributed by atoms with Gasteiger partial charge in [-0.2, -0.15) is 4.31 Å². The third kappa shape index (κ3) is 12.8. The first-order valence-corrected chi connectivity index (χ1v) is 19.6. The summed E-state index contributed by atoms with van der Waals surface area (Å²) < 4.78 is 61.9. The van der Waals surface area contributed by atoms with Crippen LogP contribution in [0.2, 0.25) is 0 Å². The largest absolute Gasteiger partial charge is 0.481 e. The Morgan fingerprint density at radius 2 is 1.73 bits per heavy atom. The Bertz CT molecular complexity index is 1660. The monoisotopic (exact) mass is 793 g/mol. The van der Waals surface area contributed by atoms with Crippen LogP contribution in [0, 0.1) is 5.41 Å². The predicted molar refractivity (Wildman–Crippen MR) is 171 cm³/mol. The highest BCUT2D eigenvalue weighted by Crippen LogP contribution is 2.61. The lowest BCUT2D eigenvalue weighted by molar-refractivity contribution is -0.137. The summed E-state index contributed by atoms with van der Waals surface area (Å²) in [6.45, 7) is 2.29. The fourth-order valence-corrected chi connectivity index (χ4v) is 7.39. The zero-order valence-corrected chi connectivity index (χ0v) is 30.2. The molecule has 3 unspecified atom stereocenters. The minimum atomic E-state index is -5.55. The van der Waals surface area contributed by atoms with Gasteiger partial charge in [-0.3, -0.25) is 27.7 Å². The van der Waals surface area contributed by atoms with Gasteiger partial charge >= 0.3 is 23.5 Å². The number of phosphoric ester groups is 3. The van der Waals surface area contributed by atoms with E-state index in [2.05, 4.69) is 34.4 Å². The lowest BCUT2D eigenvalue weighted by atomic mass is 9.87. The number of amides is 2. The minimum absolute atomic E-state index is 0.0338. The molecule has 3 heterocycles. The van der Waals surface area contributed by atoms with Gasteiger partial charge in [0.05, 0.1) is 25.6 Å². The van der Waals surface area contributed by atoms with Gasteiger partial charge in [0, 0.05) is 24.9 Å². The summed E-state index contributed by atoms with van der Waals surface area (Å²) in [5.41, 5.74) is 4.28. The van der Waals surface area contributed by atoms with Crippen LogP contribution in [-0.4, -0.2) is 123 Å². The molecule has 0 aliphatic carbocycles. The molecule has 1 aliphatic rings. The van der Waals surface area contributed by atoms with Crippen molar-refractivity contribution in [3.8, 4) is 0 Å². The molecule has 2 amide bonds. The molecule has 51 heavy (non-hydrogen) atoms. The minimum Gasteiger partial charge on any atom is -0.393 e. The van der Waals surface area contributed by atoms with E-state index in [1.807, 2.05) is 0 Å². The molecule has 1 fully saturated rings. The normalized spacial score (nSPS) is 23.3. The van der Waals surface area contributed by atoms with Crippen molar-refractivity contribution in [2.24, 2.45) is 5.41 Å². The molecule has 27 heteroatoms. The van der Waals surface area contributed by atoms with E-state index in [0.717, 1.165) is 17.2 Å². The second-order valence-corrected chi connectivity index (χ2v) is 16.3. The molecule has 0 radical (unpaired) electrons. The Kier molecular flexibility index (Phi) is 14.8. The molecule has 0 saturated carbocycles. The van der Waals surface area contributed by atoms with Crippen molar-refractivity contribution in [3.63, 3.8) is 0 Å². The van der Waals surface area contributed by atoms with Gasteiger partial charge in [-0.25, -0.2) is 28.6 Å². The molecule has 24 nitrogen and oxygen atoms in total. The highest BCUT2D eigenvalue weighted by atomic mass is 31.3. The second-order valence-electron chi connectivity index (χ2n) is 12.1. The van der Waals surface area contributed by atoms with Gasteiger partial charge in [-0.1, -0.05) is 13.8 Å². The number of fused-ring (bicyclic) bond motifs is 1. The van der Waals surface area contributed by atoms with E-state index in [-0.39, 0.29) is 35.9 Å². The molecule has 0 aromatic carbocycles. The molecule has 2 aromatic heterocycles. The van der Waals surface area contributed by atoms with Gasteiger partial charge < -0.3 is 56.0 Å². The second kappa shape index (κ2) is 17.5. The number of nitrogens with one attached hydrogen (secondary N) is 2. The maximum absolute atomic E-state index is 12.6. The highest BCUT2D eigenvalue weighted by Gasteiger charge is 2.50. The van der Waals surface area contributed by atoms with E-state index < -0.39 is 84.8 Å². The summed E-state index contributed by atoms with van der Waals surface area (Å²) >= 11 is 0. The lowest BCUT2D eigenvalue weighted by Gasteiger charge is -2.30. The van der Waals surface area contributed by atoms with Crippen molar-refractivity contribution >= 4 is 52.3 Å². The maximum atomic E-state index is 12.6. The number of aromatic nitrogens is 4. The van der Waals surface area contributed by atoms with Crippen LogP contribution in [0.5, 0.6) is 0 Å². The van der Waals surface area contributed by atoms with E-state index in [1.54, 1.807) is 6.92 Å². The SMILES string of the molecule is C[C@@H](O)CCCNC(=O)CCNC(=O)C(O)C(C)(C)COP(=O)(O)OP(=O)(O)OC[C@H]1O[C@@H](n2cnc3c(N)ncnc32)[C@H](O)[C@@H]1OP(=O)(O)O. The van der Waals surface area contributed by atoms with Crippen molar-refractivity contribution in [2.75, 3.05) is 32.0 Å². The van der Waals surface area contributed by atoms with Crippen LogP contribution in [0.15, 0.2) is 12.7 Å². The molecule has 8 atom stereocenters. The molecule has 1 aliphatic heterocycles. The fourth-order valence-electron chi connectivity index (χ4n) is 4.57. The Labute approximate surface area is 290 Å². The number of aliphatic hydroxyl groups excluding tert-OH is 3. The molecule has 2 aromatic rings. The Hall–Kier alpha value is -2.50. The van der Waals surface area contributed by atoms with Crippen molar-refractivity contribution in [1.29, 1.82) is 0 Å². The van der Waals surface area contributed by atoms with Gasteiger partial charge in [0.1, 0.15) is 36.3 Å². The maximum Gasteiger partial charge on any atom is 0.481 e. The molecular weight excluding hydrogens is 751 g/mol. The number of ether oxygens (including phenoxy) is 1. The quantitative estimate of drug-likeness (QED) is 0.0542. The number of carbonyl (C=O) groups excluding carboxylic acids is 2. The van der Waals surface area contributed by atoms with Crippen LogP contribution in [0.25, 0.3) is 11.2 Å². The van der Waals surface area contributed by atoms with Gasteiger partial charge in [-0.05, 0) is 19.8 Å². The van der Waals surface area contributed by atoms with Gasteiger partial charge in [0.15, 0.2) is 17.7 Å². The molecule has 11 N–H and O–H groups in total. The molecule has 290 valence electrons. The third-order valence-electron chi connectivity index (χ3n) is 7.20. The molecule has 1 saturated heterocycles. The zero-order chi connectivity index (χ0) is 38.4. The van der Waals surface area contributed by atoms with E-state index in [1.165, 1.54) is 13.8 Å². The first kappa shape index (κ1) is 42.9. The predicted octanol–water partition coefficient (Wildman–Crippen LogP) is -1.43. The van der Waals surface area contributed by atoms with E-state index in [4.69, 9.17) is 19.5 Å². The average Bonchev–Trinajstić information content (AvgIpc) is 3.57. The Balaban J connectivity index is 1.55. The van der Waals surface area contributed by atoms with Crippen molar-refractivity contribution in [3.05, 3.63) is 12.7 Å². The number of phosphoric acid groups is 3. The number of rotatable bonds is 20. The lowest BCUT2D eigenvalue weighted by Crippen LogP contribution is -2.46. The van der Waals surface area contributed by atoms with E-state index >= 15 is 0 Å². The summed E-state index contributed by atoms with van der Waals surface area (Å²) in [4.78, 5) is 75.1. The van der Waals surface area contributed by atoms with Gasteiger partial charge in [-0.15, -0.1) is 0 Å². The topological polar surface area (TPSA) is 367 Å². The number of nitrogen functional groups attached to an aromatic ring is 1. The number of nitrogens with zero attached hydrogens (tertiary/aromatic N) is 4. The third-order valence-corrected chi connectivity index (χ3v) is 10.3. The fraction of sp³-hybridized carbons (Fsp3) is 0.708. The standard InChI is InChI=1S/C24H42N7O17P3/c1-13(32)5-4-7-26-15(33)6-8-27-22(36)19(35)24(2,3)10-45-51(42,43)48-50(40,41)44-9-14-18(47-49(37,38)39)17(34)23(46-14)31-12-30-16-20(25)28-11-29-21(16)31/h11-14,17-19,23,32,34-35H,4-10H2,1-3H3,(H,26,33)(H,27,36)(H,40,41)(H,42,43)(H2,25,28,29)(H2,37,38,39)/t13-,14-,17-,18-,19?,23-/m1/s1. The zero-order valence-electron chi connectivity index (χ0n) is 27.5. The molecule has 0 bridgehead atoms. The number of anilines is 1. The smallest absolute Gasteiger partial charge is 0.393 e. The van der Waals surface area contributed by atoms with Crippen molar-refractivity contribution in [2.45, 2.75) is 76.8 Å². The van der Waals surface area contributed by atoms with Crippen molar-refractivity contribution < 1.29 is 80.8 Å². The molecular formula is C24H42N7O17P3. The van der Waals surface area contributed by atoms with E-state index in [9.17, 15) is 58.2 Å². The number of carbonyl (C=O) groups is 2. The number of hydrogen-bond donors (Lipinski definition) is 10. The molecule has 0 spiro atoms. The van der Waals surface area contributed by atoms with Crippen LogP contribution in [0.3, 0.4) is 0 Å². The highest BCUT2D eigenvalue weighted by molar-refractivity contribution is 7.61. The van der Waals surface area contributed by atoms with Crippen LogP contribution in [0.1, 0.15) is 46.3 Å². The summed E-state index contributed by atoms with van der Waals surface area (Å²) in [5.74, 6) is -1.39. The number of nitrogens with two attached hydrogens (primary N) is 1. The van der Waals surface area contributed by atoms with Crippen LogP contribution >= 0.6 is 23.5 Å². The van der Waals surface area contributed by atoms with Crippen molar-refractivity contribution in [1.82, 2.24) is 30.2 Å². The molecule has 3 rings (SSSR count). The van der Waals surface area contributed by atoms with Crippen LogP contribution in [0.4, 0.5) is 5.82 Å².